The fraction of sp³-hybridized carbons (Fsp3) is 0.900. The van der Waals surface area contributed by atoms with Crippen molar-refractivity contribution in [3.63, 3.8) is 0 Å². The van der Waals surface area contributed by atoms with Crippen molar-refractivity contribution in [1.29, 1.82) is 0 Å². The molecule has 0 aromatic heterocycles. The van der Waals surface area contributed by atoms with Gasteiger partial charge in [0, 0.05) is 12.5 Å². The second-order valence-electron chi connectivity index (χ2n) is 4.29. The predicted octanol–water partition coefficient (Wildman–Crippen LogP) is 1.22. The van der Waals surface area contributed by atoms with Gasteiger partial charge < -0.3 is 10.1 Å². The van der Waals surface area contributed by atoms with E-state index in [0.29, 0.717) is 12.5 Å². The summed E-state index contributed by atoms with van der Waals surface area (Å²) in [4.78, 5) is 11.1. The Morgan fingerprint density at radius 2 is 2.38 bits per heavy atom. The minimum Gasteiger partial charge on any atom is -0.458 e. The lowest BCUT2D eigenvalue weighted by atomic mass is 9.87. The first-order chi connectivity index (χ1) is 6.21. The van der Waals surface area contributed by atoms with E-state index in [1.807, 2.05) is 0 Å². The summed E-state index contributed by atoms with van der Waals surface area (Å²) in [5.41, 5.74) is -0.225. The second kappa shape index (κ2) is 3.29. The summed E-state index contributed by atoms with van der Waals surface area (Å²) in [6.07, 6.45) is 5.12. The fourth-order valence-corrected chi connectivity index (χ4v) is 2.33. The molecule has 2 atom stereocenters. The highest BCUT2D eigenvalue weighted by Crippen LogP contribution is 2.32. The molecule has 0 spiro atoms. The normalized spacial score (nSPS) is 40.4. The van der Waals surface area contributed by atoms with Crippen LogP contribution in [0.2, 0.25) is 0 Å². The number of piperidine rings is 1. The number of nitrogens with one attached hydrogen (secondary N) is 1. The third-order valence-electron chi connectivity index (χ3n) is 3.22. The first kappa shape index (κ1) is 9.00. The molecular weight excluding hydrogens is 166 g/mol. The number of esters is 1. The number of carbonyl (C=O) groups is 1. The van der Waals surface area contributed by atoms with E-state index in [4.69, 9.17) is 4.74 Å². The summed E-state index contributed by atoms with van der Waals surface area (Å²) < 4.78 is 5.39. The van der Waals surface area contributed by atoms with Gasteiger partial charge >= 0.3 is 5.97 Å². The van der Waals surface area contributed by atoms with E-state index in [0.717, 1.165) is 19.4 Å². The molecule has 0 aromatic rings. The van der Waals surface area contributed by atoms with Gasteiger partial charge in [0.05, 0.1) is 0 Å². The Kier molecular flexibility index (Phi) is 2.28. The topological polar surface area (TPSA) is 38.3 Å². The lowest BCUT2D eigenvalue weighted by Crippen LogP contribution is -2.50. The molecule has 0 aliphatic carbocycles. The van der Waals surface area contributed by atoms with Gasteiger partial charge in [-0.1, -0.05) is 6.42 Å². The lowest BCUT2D eigenvalue weighted by Gasteiger charge is -2.36. The molecule has 2 aliphatic heterocycles. The number of cyclic esters (lactones) is 1. The van der Waals surface area contributed by atoms with E-state index in [1.54, 1.807) is 0 Å². The van der Waals surface area contributed by atoms with Gasteiger partial charge in [-0.2, -0.15) is 0 Å². The van der Waals surface area contributed by atoms with E-state index in [-0.39, 0.29) is 11.6 Å². The van der Waals surface area contributed by atoms with E-state index in [9.17, 15) is 4.79 Å². The molecule has 0 bridgehead atoms. The summed E-state index contributed by atoms with van der Waals surface area (Å²) in [6.45, 7) is 3.12. The highest BCUT2D eigenvalue weighted by atomic mass is 16.6. The standard InChI is InChI=1S/C10H17NO2/c1-10(6-5-9(12)13-10)8-4-2-3-7-11-8/h8,11H,2-7H2,1H3/t8-,10-/m1/s1. The minimum atomic E-state index is -0.225. The summed E-state index contributed by atoms with van der Waals surface area (Å²) in [7, 11) is 0. The summed E-state index contributed by atoms with van der Waals surface area (Å²) in [5, 5.41) is 3.44. The average molecular weight is 183 g/mol. The van der Waals surface area contributed by atoms with Crippen molar-refractivity contribution < 1.29 is 9.53 Å². The van der Waals surface area contributed by atoms with Gasteiger partial charge in [-0.3, -0.25) is 4.79 Å². The maximum atomic E-state index is 11.1. The molecular formula is C10H17NO2. The molecule has 0 radical (unpaired) electrons. The van der Waals surface area contributed by atoms with Gasteiger partial charge in [0.25, 0.3) is 0 Å². The molecule has 2 fully saturated rings. The van der Waals surface area contributed by atoms with Crippen molar-refractivity contribution >= 4 is 5.97 Å². The van der Waals surface area contributed by atoms with Crippen molar-refractivity contribution in [2.45, 2.75) is 50.7 Å². The minimum absolute atomic E-state index is 0.0325. The Labute approximate surface area is 78.8 Å². The van der Waals surface area contributed by atoms with Crippen LogP contribution < -0.4 is 5.32 Å². The van der Waals surface area contributed by atoms with Crippen molar-refractivity contribution in [2.24, 2.45) is 0 Å². The maximum Gasteiger partial charge on any atom is 0.306 e. The fourth-order valence-electron chi connectivity index (χ4n) is 2.33. The van der Waals surface area contributed by atoms with Crippen LogP contribution in [0.3, 0.4) is 0 Å². The van der Waals surface area contributed by atoms with Crippen LogP contribution in [0, 0.1) is 0 Å². The van der Waals surface area contributed by atoms with Crippen LogP contribution in [0.1, 0.15) is 39.0 Å². The molecule has 0 unspecified atom stereocenters. The zero-order chi connectivity index (χ0) is 9.31. The van der Waals surface area contributed by atoms with E-state index < -0.39 is 0 Å². The number of hydrogen-bond acceptors (Lipinski definition) is 3. The summed E-state index contributed by atoms with van der Waals surface area (Å²) >= 11 is 0. The average Bonchev–Trinajstić information content (AvgIpc) is 2.49. The number of carbonyl (C=O) groups excluding carboxylic acids is 1. The molecule has 0 amide bonds. The van der Waals surface area contributed by atoms with Crippen LogP contribution in [0.5, 0.6) is 0 Å². The Balaban J connectivity index is 2.01. The number of ether oxygens (including phenoxy) is 1. The van der Waals surface area contributed by atoms with Gasteiger partial charge in [-0.15, -0.1) is 0 Å². The highest BCUT2D eigenvalue weighted by molar-refractivity contribution is 5.72. The molecule has 2 saturated heterocycles. The molecule has 13 heavy (non-hydrogen) atoms. The quantitative estimate of drug-likeness (QED) is 0.621. The Bertz CT molecular complexity index is 211. The number of hydrogen-bond donors (Lipinski definition) is 1. The third kappa shape index (κ3) is 1.70. The SMILES string of the molecule is C[C@]1([C@H]2CCCCN2)CCC(=O)O1. The molecule has 74 valence electrons. The molecule has 1 N–H and O–H groups in total. The van der Waals surface area contributed by atoms with Crippen LogP contribution in [0.4, 0.5) is 0 Å². The van der Waals surface area contributed by atoms with Crippen LogP contribution in [0.25, 0.3) is 0 Å². The first-order valence-corrected chi connectivity index (χ1v) is 5.16. The van der Waals surface area contributed by atoms with E-state index in [1.165, 1.54) is 12.8 Å². The van der Waals surface area contributed by atoms with Crippen LogP contribution in [-0.2, 0) is 9.53 Å². The zero-order valence-electron chi connectivity index (χ0n) is 8.14. The van der Waals surface area contributed by atoms with Crippen LogP contribution in [0.15, 0.2) is 0 Å². The van der Waals surface area contributed by atoms with Gasteiger partial charge in [-0.25, -0.2) is 0 Å². The van der Waals surface area contributed by atoms with Crippen LogP contribution in [-0.4, -0.2) is 24.2 Å². The van der Waals surface area contributed by atoms with Gasteiger partial charge in [0.15, 0.2) is 0 Å². The second-order valence-corrected chi connectivity index (χ2v) is 4.29. The van der Waals surface area contributed by atoms with Crippen molar-refractivity contribution in [1.82, 2.24) is 5.32 Å². The largest absolute Gasteiger partial charge is 0.458 e. The summed E-state index contributed by atoms with van der Waals surface area (Å²) in [6, 6.07) is 0.382. The van der Waals surface area contributed by atoms with Gasteiger partial charge in [-0.05, 0) is 32.7 Å². The van der Waals surface area contributed by atoms with E-state index in [2.05, 4.69) is 12.2 Å². The smallest absolute Gasteiger partial charge is 0.306 e. The molecule has 3 nitrogen and oxygen atoms in total. The Morgan fingerprint density at radius 1 is 1.54 bits per heavy atom. The summed E-state index contributed by atoms with van der Waals surface area (Å²) in [5.74, 6) is -0.0325. The Hall–Kier alpha value is -0.570. The third-order valence-corrected chi connectivity index (χ3v) is 3.22. The molecule has 2 heterocycles. The molecule has 0 aromatic carbocycles. The van der Waals surface area contributed by atoms with Crippen LogP contribution >= 0.6 is 0 Å². The maximum absolute atomic E-state index is 11.1. The van der Waals surface area contributed by atoms with E-state index >= 15 is 0 Å². The van der Waals surface area contributed by atoms with Gasteiger partial charge in [0.1, 0.15) is 5.60 Å². The first-order valence-electron chi connectivity index (χ1n) is 5.16. The Morgan fingerprint density at radius 3 is 2.92 bits per heavy atom. The predicted molar refractivity (Wildman–Crippen MR) is 49.4 cm³/mol. The lowest BCUT2D eigenvalue weighted by molar-refractivity contribution is -0.149. The highest BCUT2D eigenvalue weighted by Gasteiger charge is 2.42. The van der Waals surface area contributed by atoms with Crippen molar-refractivity contribution in [3.05, 3.63) is 0 Å². The van der Waals surface area contributed by atoms with Gasteiger partial charge in [0.2, 0.25) is 0 Å². The van der Waals surface area contributed by atoms with Crippen molar-refractivity contribution in [3.8, 4) is 0 Å². The van der Waals surface area contributed by atoms with Crippen molar-refractivity contribution in [2.75, 3.05) is 6.54 Å². The monoisotopic (exact) mass is 183 g/mol. The zero-order valence-corrected chi connectivity index (χ0v) is 8.14. The molecule has 2 rings (SSSR count). The molecule has 3 heteroatoms. The number of rotatable bonds is 1. The molecule has 0 saturated carbocycles. The molecule has 2 aliphatic rings.